The van der Waals surface area contributed by atoms with Crippen LogP contribution in [0.25, 0.3) is 0 Å². The van der Waals surface area contributed by atoms with Gasteiger partial charge in [0.2, 0.25) is 0 Å². The maximum absolute atomic E-state index is 11.2. The highest BCUT2D eigenvalue weighted by Gasteiger charge is 2.57. The van der Waals surface area contributed by atoms with Crippen molar-refractivity contribution in [3.63, 3.8) is 0 Å². The van der Waals surface area contributed by atoms with E-state index >= 15 is 0 Å². The summed E-state index contributed by atoms with van der Waals surface area (Å²) in [6.07, 6.45) is -56.5. The molecule has 0 aromatic rings. The lowest BCUT2D eigenvalue weighted by atomic mass is 9.95. The summed E-state index contributed by atoms with van der Waals surface area (Å²) in [5.74, 6) is 0. The molecule has 31 nitrogen and oxygen atoms in total. The molecule has 20 N–H and O–H groups in total. The number of rotatable bonds is 16. The van der Waals surface area contributed by atoms with Crippen LogP contribution in [-0.2, 0) is 52.1 Å². The van der Waals surface area contributed by atoms with Gasteiger partial charge in [0.05, 0.1) is 39.6 Å². The number of ether oxygens (including phenoxy) is 11. The molecule has 6 saturated heterocycles. The Labute approximate surface area is 378 Å². The monoisotopic (exact) mass is 990 g/mol. The van der Waals surface area contributed by atoms with Crippen molar-refractivity contribution < 1.29 is 154 Å². The van der Waals surface area contributed by atoms with Crippen molar-refractivity contribution in [2.45, 2.75) is 184 Å². The van der Waals surface area contributed by atoms with Gasteiger partial charge >= 0.3 is 0 Å². The third kappa shape index (κ3) is 11.2. The third-order valence-electron chi connectivity index (χ3n) is 12.4. The van der Waals surface area contributed by atoms with Crippen molar-refractivity contribution >= 4 is 0 Å². The predicted octanol–water partition coefficient (Wildman–Crippen LogP) is -14.1. The molecule has 31 heteroatoms. The average molecular weight is 991 g/mol. The van der Waals surface area contributed by atoms with Crippen LogP contribution in [0.1, 0.15) is 0 Å². The van der Waals surface area contributed by atoms with E-state index in [0.29, 0.717) is 0 Å². The second kappa shape index (κ2) is 23.5. The van der Waals surface area contributed by atoms with Crippen LogP contribution in [0.4, 0.5) is 0 Å². The molecule has 30 atom stereocenters. The Balaban J connectivity index is 1.07. The van der Waals surface area contributed by atoms with Crippen molar-refractivity contribution in [2.24, 2.45) is 0 Å². The van der Waals surface area contributed by atoms with E-state index in [1.807, 2.05) is 0 Å². The molecule has 6 fully saturated rings. The highest BCUT2D eigenvalue weighted by atomic mass is 16.8. The van der Waals surface area contributed by atoms with Crippen molar-refractivity contribution in [1.29, 1.82) is 0 Å². The fraction of sp³-hybridized carbons (Fsp3) is 1.00. The second-order valence-electron chi connectivity index (χ2n) is 16.8. The van der Waals surface area contributed by atoms with Crippen LogP contribution in [0.5, 0.6) is 0 Å². The Hall–Kier alpha value is -1.24. The minimum atomic E-state index is -2.18. The summed E-state index contributed by atoms with van der Waals surface area (Å²) in [6, 6.07) is 0. The SMILES string of the molecule is OC[C@H]1O[C@@H](O[C@H]2[C@H](O)[C@@H](O)[C@@H](O[C@H]3[C@H](O)[C@@H](O)[C@@H](O[C@H]4[C@H](O)[C@@H](O)[C@@H](O[C@H]5[C@H](O)[C@@H](O)[C@@H](O[C@H]6[C@H](O)[C@@H](O)[C@@H](O)O[C@@H]6CO)O[C@@H]5CO)O[C@@H]4CO)O[C@@H]3CO)O[C@@H]2CO)[C@H](O)[C@@H](O)[C@H]1O. The van der Waals surface area contributed by atoms with Crippen LogP contribution in [0.15, 0.2) is 0 Å². The molecule has 0 bridgehead atoms. The molecular weight excluding hydrogens is 928 g/mol. The first kappa shape index (κ1) is 55.1. The fourth-order valence-electron chi connectivity index (χ4n) is 8.52. The Morgan fingerprint density at radius 2 is 0.433 bits per heavy atom. The normalized spacial score (nSPS) is 53.4. The molecule has 0 saturated carbocycles. The Morgan fingerprint density at radius 1 is 0.224 bits per heavy atom. The van der Waals surface area contributed by atoms with Crippen LogP contribution in [0.3, 0.4) is 0 Å². The fourth-order valence-corrected chi connectivity index (χ4v) is 8.52. The molecule has 0 aromatic carbocycles. The maximum Gasteiger partial charge on any atom is 0.187 e. The molecule has 0 radical (unpaired) electrons. The van der Waals surface area contributed by atoms with Gasteiger partial charge in [-0.3, -0.25) is 0 Å². The first-order chi connectivity index (χ1) is 31.8. The summed E-state index contributed by atoms with van der Waals surface area (Å²) in [7, 11) is 0. The average Bonchev–Trinajstić information content (AvgIpc) is 3.32. The standard InChI is InChI=1S/C36H62O31/c37-1-7-13(43)14(44)21(51)32(58-7)64-27-9(3-39)60-34(23(53)16(27)46)66-29-11(5-41)62-36(25(55)18(29)48)67-30-12(6-42)61-35(24(54)19(30)49)65-28-10(4-40)59-33(22(52)17(28)47)63-26-8(2-38)57-31(56)20(50)15(26)45/h7-56H,1-6H2/t7-,8-,9-,10-,11-,12-,13+,14+,15-,16-,17-,18-,19-,20-,21-,22-,23-,24-,25-,26-,27-,28-,29-,30-,31+,32+,33-,34-,35-,36-/m1/s1. The molecule has 6 aliphatic rings. The zero-order chi connectivity index (χ0) is 49.3. The molecule has 67 heavy (non-hydrogen) atoms. The second-order valence-corrected chi connectivity index (χ2v) is 16.8. The minimum absolute atomic E-state index is 0.830. The molecule has 6 rings (SSSR count). The summed E-state index contributed by atoms with van der Waals surface area (Å²) in [4.78, 5) is 0. The van der Waals surface area contributed by atoms with Crippen LogP contribution in [0.2, 0.25) is 0 Å². The van der Waals surface area contributed by atoms with E-state index in [4.69, 9.17) is 52.1 Å². The van der Waals surface area contributed by atoms with Gasteiger partial charge in [-0.2, -0.15) is 0 Å². The van der Waals surface area contributed by atoms with Gasteiger partial charge in [0.25, 0.3) is 0 Å². The van der Waals surface area contributed by atoms with Gasteiger partial charge in [0.15, 0.2) is 37.7 Å². The highest BCUT2D eigenvalue weighted by molar-refractivity contribution is 5.00. The van der Waals surface area contributed by atoms with E-state index < -0.39 is 224 Å². The molecule has 0 spiro atoms. The van der Waals surface area contributed by atoms with Crippen LogP contribution < -0.4 is 0 Å². The van der Waals surface area contributed by atoms with E-state index in [2.05, 4.69) is 0 Å². The smallest absolute Gasteiger partial charge is 0.187 e. The zero-order valence-corrected chi connectivity index (χ0v) is 35.0. The minimum Gasteiger partial charge on any atom is -0.394 e. The molecule has 6 heterocycles. The molecule has 6 aliphatic heterocycles. The van der Waals surface area contributed by atoms with Gasteiger partial charge < -0.3 is 154 Å². The van der Waals surface area contributed by atoms with Gasteiger partial charge in [-0.15, -0.1) is 0 Å². The number of aliphatic hydroxyl groups is 20. The van der Waals surface area contributed by atoms with E-state index in [0.717, 1.165) is 0 Å². The topological polar surface area (TPSA) is 506 Å². The van der Waals surface area contributed by atoms with Gasteiger partial charge in [0.1, 0.15) is 146 Å². The number of aliphatic hydroxyl groups excluding tert-OH is 20. The maximum atomic E-state index is 11.2. The first-order valence-corrected chi connectivity index (χ1v) is 21.1. The lowest BCUT2D eigenvalue weighted by Gasteiger charge is -2.49. The molecule has 0 unspecified atom stereocenters. The Kier molecular flexibility index (Phi) is 19.4. The van der Waals surface area contributed by atoms with E-state index in [1.54, 1.807) is 0 Å². The Bertz CT molecular complexity index is 1500. The highest BCUT2D eigenvalue weighted by Crippen LogP contribution is 2.36. The number of hydrogen-bond acceptors (Lipinski definition) is 31. The van der Waals surface area contributed by atoms with Gasteiger partial charge in [0, 0.05) is 0 Å². The van der Waals surface area contributed by atoms with Gasteiger partial charge in [-0.1, -0.05) is 0 Å². The molecule has 0 aliphatic carbocycles. The van der Waals surface area contributed by atoms with Crippen LogP contribution in [0, 0.1) is 0 Å². The van der Waals surface area contributed by atoms with Crippen LogP contribution in [-0.4, -0.2) is 326 Å². The molecular formula is C36H62O31. The van der Waals surface area contributed by atoms with Crippen molar-refractivity contribution in [2.75, 3.05) is 39.6 Å². The molecule has 392 valence electrons. The molecule has 0 aromatic heterocycles. The predicted molar refractivity (Wildman–Crippen MR) is 199 cm³/mol. The zero-order valence-electron chi connectivity index (χ0n) is 35.0. The largest absolute Gasteiger partial charge is 0.394 e. The molecule has 0 amide bonds. The van der Waals surface area contributed by atoms with Crippen LogP contribution >= 0.6 is 0 Å². The van der Waals surface area contributed by atoms with Crippen molar-refractivity contribution in [3.05, 3.63) is 0 Å². The van der Waals surface area contributed by atoms with Crippen molar-refractivity contribution in [3.8, 4) is 0 Å². The lowest BCUT2D eigenvalue weighted by molar-refractivity contribution is -0.396. The van der Waals surface area contributed by atoms with E-state index in [-0.39, 0.29) is 0 Å². The van der Waals surface area contributed by atoms with Gasteiger partial charge in [-0.25, -0.2) is 0 Å². The summed E-state index contributed by atoms with van der Waals surface area (Å²) >= 11 is 0. The quantitative estimate of drug-likeness (QED) is 0.0683. The number of hydrogen-bond donors (Lipinski definition) is 20. The summed E-state index contributed by atoms with van der Waals surface area (Å²) in [5.41, 5.74) is 0. The Morgan fingerprint density at radius 3 is 0.687 bits per heavy atom. The van der Waals surface area contributed by atoms with Gasteiger partial charge in [-0.05, 0) is 0 Å². The van der Waals surface area contributed by atoms with E-state index in [1.165, 1.54) is 0 Å². The summed E-state index contributed by atoms with van der Waals surface area (Å²) in [5, 5.41) is 209. The first-order valence-electron chi connectivity index (χ1n) is 21.1. The lowest BCUT2D eigenvalue weighted by Crippen LogP contribution is -2.68. The third-order valence-corrected chi connectivity index (χ3v) is 12.4. The summed E-state index contributed by atoms with van der Waals surface area (Å²) < 4.78 is 60.5. The summed E-state index contributed by atoms with van der Waals surface area (Å²) in [6.45, 7) is -5.67. The van der Waals surface area contributed by atoms with Crippen molar-refractivity contribution in [1.82, 2.24) is 0 Å². The van der Waals surface area contributed by atoms with E-state index in [9.17, 15) is 102 Å².